The van der Waals surface area contributed by atoms with Crippen molar-refractivity contribution >= 4 is 17.5 Å². The van der Waals surface area contributed by atoms with Gasteiger partial charge in [-0.3, -0.25) is 9.59 Å². The van der Waals surface area contributed by atoms with Gasteiger partial charge < -0.3 is 15.0 Å². The summed E-state index contributed by atoms with van der Waals surface area (Å²) in [5.41, 5.74) is 1.80. The molecule has 0 spiro atoms. The number of anilines is 1. The van der Waals surface area contributed by atoms with Crippen LogP contribution in [0.4, 0.5) is 5.69 Å². The lowest BCUT2D eigenvalue weighted by Crippen LogP contribution is -2.33. The monoisotopic (exact) mass is 290 g/mol. The second-order valence-electron chi connectivity index (χ2n) is 5.37. The summed E-state index contributed by atoms with van der Waals surface area (Å²) < 4.78 is 5.33. The van der Waals surface area contributed by atoms with Gasteiger partial charge in [-0.05, 0) is 31.0 Å². The zero-order chi connectivity index (χ0) is 15.4. The number of carbonyl (C=O) groups is 2. The molecule has 1 aliphatic heterocycles. The highest BCUT2D eigenvalue weighted by Gasteiger charge is 2.36. The van der Waals surface area contributed by atoms with Gasteiger partial charge in [0.15, 0.2) is 0 Å². The first-order valence-electron chi connectivity index (χ1n) is 7.29. The van der Waals surface area contributed by atoms with Crippen molar-refractivity contribution < 1.29 is 14.3 Å². The van der Waals surface area contributed by atoms with Gasteiger partial charge in [-0.2, -0.15) is 0 Å². The van der Waals surface area contributed by atoms with E-state index in [2.05, 4.69) is 5.32 Å². The summed E-state index contributed by atoms with van der Waals surface area (Å²) >= 11 is 0. The van der Waals surface area contributed by atoms with Gasteiger partial charge in [-0.1, -0.05) is 13.0 Å². The molecule has 5 nitrogen and oxygen atoms in total. The number of methoxy groups -OCH3 is 1. The molecule has 1 fully saturated rings. The lowest BCUT2D eigenvalue weighted by molar-refractivity contribution is -0.126. The largest absolute Gasteiger partial charge is 0.495 e. The van der Waals surface area contributed by atoms with E-state index in [0.717, 1.165) is 17.7 Å². The number of aryl methyl sites for hydroxylation is 1. The second kappa shape index (κ2) is 6.61. The summed E-state index contributed by atoms with van der Waals surface area (Å²) in [6.45, 7) is 5.03. The van der Waals surface area contributed by atoms with Crippen LogP contribution in [0, 0.1) is 12.8 Å². The van der Waals surface area contributed by atoms with Crippen LogP contribution >= 0.6 is 0 Å². The molecule has 0 saturated carbocycles. The van der Waals surface area contributed by atoms with E-state index in [1.54, 1.807) is 12.0 Å². The third-order valence-electron chi connectivity index (χ3n) is 3.67. The maximum atomic E-state index is 12.2. The Hall–Kier alpha value is -2.04. The van der Waals surface area contributed by atoms with Crippen LogP contribution in [0.5, 0.6) is 5.75 Å². The molecule has 0 radical (unpaired) electrons. The molecule has 1 aliphatic rings. The topological polar surface area (TPSA) is 58.6 Å². The first-order valence-corrected chi connectivity index (χ1v) is 7.29. The Balaban J connectivity index is 2.17. The van der Waals surface area contributed by atoms with E-state index in [1.807, 2.05) is 32.0 Å². The van der Waals surface area contributed by atoms with E-state index < -0.39 is 0 Å². The van der Waals surface area contributed by atoms with Gasteiger partial charge in [0.25, 0.3) is 0 Å². The molecule has 21 heavy (non-hydrogen) atoms. The predicted octanol–water partition coefficient (Wildman–Crippen LogP) is 1.88. The number of nitrogens with zero attached hydrogens (tertiary/aromatic N) is 1. The van der Waals surface area contributed by atoms with Crippen molar-refractivity contribution in [1.82, 2.24) is 5.32 Å². The van der Waals surface area contributed by atoms with Gasteiger partial charge >= 0.3 is 0 Å². The molecule has 114 valence electrons. The number of amides is 2. The lowest BCUT2D eigenvalue weighted by atomic mass is 10.1. The molecule has 0 unspecified atom stereocenters. The number of benzene rings is 1. The van der Waals surface area contributed by atoms with Crippen LogP contribution in [-0.4, -0.2) is 32.0 Å². The standard InChI is InChI=1S/C16H22N2O3/c1-4-7-17-16(20)12-9-15(19)18(10-12)13-8-11(2)5-6-14(13)21-3/h5-6,8,12H,4,7,9-10H2,1-3H3,(H,17,20)/t12-/m0/s1. The first kappa shape index (κ1) is 15.4. The molecule has 1 N–H and O–H groups in total. The van der Waals surface area contributed by atoms with Crippen LogP contribution in [0.25, 0.3) is 0 Å². The van der Waals surface area contributed by atoms with Gasteiger partial charge in [0.05, 0.1) is 18.7 Å². The summed E-state index contributed by atoms with van der Waals surface area (Å²) in [4.78, 5) is 25.9. The fourth-order valence-corrected chi connectivity index (χ4v) is 2.52. The number of ether oxygens (including phenoxy) is 1. The highest BCUT2D eigenvalue weighted by molar-refractivity contribution is 6.01. The van der Waals surface area contributed by atoms with Crippen molar-refractivity contribution in [3.8, 4) is 5.75 Å². The van der Waals surface area contributed by atoms with Crippen molar-refractivity contribution in [2.75, 3.05) is 25.1 Å². The number of hydrogen-bond donors (Lipinski definition) is 1. The fraction of sp³-hybridized carbons (Fsp3) is 0.500. The van der Waals surface area contributed by atoms with Crippen LogP contribution < -0.4 is 15.0 Å². The molecule has 1 aromatic rings. The number of carbonyl (C=O) groups excluding carboxylic acids is 2. The highest BCUT2D eigenvalue weighted by atomic mass is 16.5. The van der Waals surface area contributed by atoms with Crippen LogP contribution in [0.3, 0.4) is 0 Å². The van der Waals surface area contributed by atoms with E-state index in [1.165, 1.54) is 0 Å². The Morgan fingerprint density at radius 2 is 2.24 bits per heavy atom. The van der Waals surface area contributed by atoms with Crippen molar-refractivity contribution in [2.24, 2.45) is 5.92 Å². The first-order chi connectivity index (χ1) is 10.1. The molecule has 1 aromatic carbocycles. The van der Waals surface area contributed by atoms with Crippen molar-refractivity contribution in [3.05, 3.63) is 23.8 Å². The second-order valence-corrected chi connectivity index (χ2v) is 5.37. The minimum Gasteiger partial charge on any atom is -0.495 e. The predicted molar refractivity (Wildman–Crippen MR) is 81.5 cm³/mol. The number of nitrogens with one attached hydrogen (secondary N) is 1. The third kappa shape index (κ3) is 3.35. The summed E-state index contributed by atoms with van der Waals surface area (Å²) in [5, 5.41) is 2.86. The molecular formula is C16H22N2O3. The van der Waals surface area contributed by atoms with Crippen molar-refractivity contribution in [2.45, 2.75) is 26.7 Å². The minimum atomic E-state index is -0.283. The van der Waals surface area contributed by atoms with Crippen LogP contribution in [-0.2, 0) is 9.59 Å². The van der Waals surface area contributed by atoms with Crippen molar-refractivity contribution in [1.29, 1.82) is 0 Å². The van der Waals surface area contributed by atoms with Crippen LogP contribution in [0.1, 0.15) is 25.3 Å². The molecule has 1 saturated heterocycles. The Kier molecular flexibility index (Phi) is 4.83. The molecule has 2 amide bonds. The Morgan fingerprint density at radius 1 is 1.48 bits per heavy atom. The van der Waals surface area contributed by atoms with E-state index in [4.69, 9.17) is 4.74 Å². The van der Waals surface area contributed by atoms with Crippen molar-refractivity contribution in [3.63, 3.8) is 0 Å². The van der Waals surface area contributed by atoms with Gasteiger partial charge in [-0.15, -0.1) is 0 Å². The lowest BCUT2D eigenvalue weighted by Gasteiger charge is -2.20. The highest BCUT2D eigenvalue weighted by Crippen LogP contribution is 2.33. The smallest absolute Gasteiger partial charge is 0.227 e. The molecule has 1 heterocycles. The third-order valence-corrected chi connectivity index (χ3v) is 3.67. The van der Waals surface area contributed by atoms with Gasteiger partial charge in [0.2, 0.25) is 11.8 Å². The molecular weight excluding hydrogens is 268 g/mol. The Bertz CT molecular complexity index is 542. The zero-order valence-corrected chi connectivity index (χ0v) is 12.8. The molecule has 2 rings (SSSR count). The number of hydrogen-bond acceptors (Lipinski definition) is 3. The number of rotatable bonds is 5. The zero-order valence-electron chi connectivity index (χ0n) is 12.8. The SMILES string of the molecule is CCCNC(=O)[C@H]1CC(=O)N(c2cc(C)ccc2OC)C1. The van der Waals surface area contributed by atoms with Gasteiger partial charge in [0, 0.05) is 19.5 Å². The summed E-state index contributed by atoms with van der Waals surface area (Å²) in [6, 6.07) is 5.71. The van der Waals surface area contributed by atoms with Gasteiger partial charge in [0.1, 0.15) is 5.75 Å². The van der Waals surface area contributed by atoms with Gasteiger partial charge in [-0.25, -0.2) is 0 Å². The molecule has 0 bridgehead atoms. The molecule has 1 atom stereocenters. The van der Waals surface area contributed by atoms with E-state index >= 15 is 0 Å². The Morgan fingerprint density at radius 3 is 2.90 bits per heavy atom. The summed E-state index contributed by atoms with van der Waals surface area (Å²) in [5.74, 6) is 0.299. The normalized spacial score (nSPS) is 18.0. The molecule has 0 aliphatic carbocycles. The maximum absolute atomic E-state index is 12.2. The molecule has 0 aromatic heterocycles. The minimum absolute atomic E-state index is 0.0319. The maximum Gasteiger partial charge on any atom is 0.227 e. The molecule has 5 heteroatoms. The average Bonchev–Trinajstić information content (AvgIpc) is 2.86. The van der Waals surface area contributed by atoms with Crippen LogP contribution in [0.2, 0.25) is 0 Å². The summed E-state index contributed by atoms with van der Waals surface area (Å²) in [6.07, 6.45) is 1.15. The Labute approximate surface area is 125 Å². The quantitative estimate of drug-likeness (QED) is 0.901. The average molecular weight is 290 g/mol. The summed E-state index contributed by atoms with van der Waals surface area (Å²) in [7, 11) is 1.58. The van der Waals surface area contributed by atoms with Crippen LogP contribution in [0.15, 0.2) is 18.2 Å². The van der Waals surface area contributed by atoms with E-state index in [9.17, 15) is 9.59 Å². The van der Waals surface area contributed by atoms with E-state index in [0.29, 0.717) is 18.8 Å². The van der Waals surface area contributed by atoms with E-state index in [-0.39, 0.29) is 24.2 Å². The fourth-order valence-electron chi connectivity index (χ4n) is 2.52.